The first-order valence-electron chi connectivity index (χ1n) is 7.74. The molecule has 1 aromatic rings. The predicted octanol–water partition coefficient (Wildman–Crippen LogP) is 6.44. The van der Waals surface area contributed by atoms with E-state index in [0.717, 1.165) is 5.57 Å². The SMILES string of the molecule is C=C(C)/C=C\C(=C)C(C)CCC(C)/C=C/c1ccccc1. The molecule has 0 saturated carbocycles. The molecule has 2 atom stereocenters. The third kappa shape index (κ3) is 7.51. The molecule has 0 aliphatic heterocycles. The molecule has 0 N–H and O–H groups in total. The van der Waals surface area contributed by atoms with Crippen LogP contribution in [0.5, 0.6) is 0 Å². The molecule has 0 bridgehead atoms. The van der Waals surface area contributed by atoms with E-state index < -0.39 is 0 Å². The van der Waals surface area contributed by atoms with Crippen molar-refractivity contribution in [2.45, 2.75) is 33.6 Å². The van der Waals surface area contributed by atoms with E-state index >= 15 is 0 Å². The Morgan fingerprint density at radius 1 is 1.05 bits per heavy atom. The Balaban J connectivity index is 2.38. The van der Waals surface area contributed by atoms with Gasteiger partial charge in [-0.05, 0) is 37.2 Å². The van der Waals surface area contributed by atoms with Crippen LogP contribution < -0.4 is 0 Å². The summed E-state index contributed by atoms with van der Waals surface area (Å²) >= 11 is 0. The standard InChI is InChI=1S/C21H28/c1-17(2)11-14-19(4)20(5)15-12-18(3)13-16-21-9-7-6-8-10-21/h6-11,13-14,16,18,20H,1,4,12,15H2,2-3,5H3/b14-11-,16-13+. The fourth-order valence-electron chi connectivity index (χ4n) is 2.05. The lowest BCUT2D eigenvalue weighted by molar-refractivity contribution is 0.526. The van der Waals surface area contributed by atoms with E-state index in [1.165, 1.54) is 24.0 Å². The van der Waals surface area contributed by atoms with Crippen LogP contribution in [-0.2, 0) is 0 Å². The smallest absolute Gasteiger partial charge is 0.0196 e. The molecule has 0 fully saturated rings. The summed E-state index contributed by atoms with van der Waals surface area (Å²) in [5, 5.41) is 0. The van der Waals surface area contributed by atoms with Crippen LogP contribution in [0.25, 0.3) is 6.08 Å². The maximum absolute atomic E-state index is 4.15. The molecular formula is C21H28. The lowest BCUT2D eigenvalue weighted by Gasteiger charge is -2.13. The zero-order chi connectivity index (χ0) is 15.7. The molecule has 0 saturated heterocycles. The van der Waals surface area contributed by atoms with Crippen molar-refractivity contribution in [3.63, 3.8) is 0 Å². The van der Waals surface area contributed by atoms with Crippen molar-refractivity contribution in [2.24, 2.45) is 11.8 Å². The highest BCUT2D eigenvalue weighted by molar-refractivity contribution is 5.48. The van der Waals surface area contributed by atoms with Gasteiger partial charge in [-0.3, -0.25) is 0 Å². The molecule has 1 rings (SSSR count). The average molecular weight is 280 g/mol. The lowest BCUT2D eigenvalue weighted by atomic mass is 9.92. The second kappa shape index (κ2) is 9.18. The Labute approximate surface area is 130 Å². The quantitative estimate of drug-likeness (QED) is 0.481. The van der Waals surface area contributed by atoms with Crippen molar-refractivity contribution in [3.8, 4) is 0 Å². The molecule has 0 amide bonds. The van der Waals surface area contributed by atoms with Crippen molar-refractivity contribution < 1.29 is 0 Å². The van der Waals surface area contributed by atoms with Crippen LogP contribution >= 0.6 is 0 Å². The molecular weight excluding hydrogens is 252 g/mol. The van der Waals surface area contributed by atoms with Crippen LogP contribution in [0.4, 0.5) is 0 Å². The second-order valence-electron chi connectivity index (χ2n) is 5.98. The van der Waals surface area contributed by atoms with Crippen LogP contribution in [0, 0.1) is 11.8 Å². The van der Waals surface area contributed by atoms with Gasteiger partial charge in [0.25, 0.3) is 0 Å². The van der Waals surface area contributed by atoms with E-state index in [2.05, 4.69) is 69.5 Å². The van der Waals surface area contributed by atoms with Gasteiger partial charge in [-0.15, -0.1) is 0 Å². The van der Waals surface area contributed by atoms with Gasteiger partial charge >= 0.3 is 0 Å². The first kappa shape index (κ1) is 17.2. The minimum atomic E-state index is 0.521. The molecule has 112 valence electrons. The summed E-state index contributed by atoms with van der Waals surface area (Å²) < 4.78 is 0. The van der Waals surface area contributed by atoms with E-state index in [4.69, 9.17) is 0 Å². The van der Waals surface area contributed by atoms with E-state index in [9.17, 15) is 0 Å². The van der Waals surface area contributed by atoms with E-state index in [0.29, 0.717) is 11.8 Å². The monoisotopic (exact) mass is 280 g/mol. The van der Waals surface area contributed by atoms with Crippen molar-refractivity contribution in [2.75, 3.05) is 0 Å². The maximum atomic E-state index is 4.15. The number of benzene rings is 1. The molecule has 2 unspecified atom stereocenters. The molecule has 0 heteroatoms. The summed E-state index contributed by atoms with van der Waals surface area (Å²) in [6, 6.07) is 10.5. The normalized spacial score (nSPS) is 14.4. The zero-order valence-electron chi connectivity index (χ0n) is 13.7. The van der Waals surface area contributed by atoms with Crippen LogP contribution in [0.15, 0.2) is 72.9 Å². The molecule has 0 aliphatic carbocycles. The van der Waals surface area contributed by atoms with Crippen LogP contribution in [0.1, 0.15) is 39.2 Å². The van der Waals surface area contributed by atoms with Crippen molar-refractivity contribution >= 4 is 6.08 Å². The van der Waals surface area contributed by atoms with Gasteiger partial charge in [0.1, 0.15) is 0 Å². The molecule has 0 spiro atoms. The van der Waals surface area contributed by atoms with E-state index in [1.54, 1.807) is 0 Å². The summed E-state index contributed by atoms with van der Waals surface area (Å²) in [6.45, 7) is 14.6. The van der Waals surface area contributed by atoms with Crippen LogP contribution in [0.3, 0.4) is 0 Å². The second-order valence-corrected chi connectivity index (χ2v) is 5.98. The Kier molecular flexibility index (Phi) is 7.53. The van der Waals surface area contributed by atoms with Gasteiger partial charge in [0.15, 0.2) is 0 Å². The van der Waals surface area contributed by atoms with Crippen molar-refractivity contribution in [3.05, 3.63) is 78.4 Å². The highest BCUT2D eigenvalue weighted by Gasteiger charge is 2.06. The highest BCUT2D eigenvalue weighted by atomic mass is 14.1. The van der Waals surface area contributed by atoms with E-state index in [1.807, 2.05) is 19.1 Å². The fourth-order valence-corrected chi connectivity index (χ4v) is 2.05. The summed E-state index contributed by atoms with van der Waals surface area (Å²) in [5.41, 5.74) is 3.53. The minimum absolute atomic E-state index is 0.521. The Hall–Kier alpha value is -1.82. The number of hydrogen-bond acceptors (Lipinski definition) is 0. The minimum Gasteiger partial charge on any atom is -0.0961 e. The summed E-state index contributed by atoms with van der Waals surface area (Å²) in [6.07, 6.45) is 11.0. The molecule has 0 heterocycles. The summed E-state index contributed by atoms with van der Waals surface area (Å²) in [7, 11) is 0. The highest BCUT2D eigenvalue weighted by Crippen LogP contribution is 2.20. The van der Waals surface area contributed by atoms with Gasteiger partial charge in [0.2, 0.25) is 0 Å². The molecule has 0 radical (unpaired) electrons. The topological polar surface area (TPSA) is 0 Å². The van der Waals surface area contributed by atoms with Gasteiger partial charge in [-0.1, -0.05) is 92.8 Å². The number of allylic oxidation sites excluding steroid dienone is 5. The van der Waals surface area contributed by atoms with Gasteiger partial charge < -0.3 is 0 Å². The molecule has 21 heavy (non-hydrogen) atoms. The first-order chi connectivity index (χ1) is 9.99. The lowest BCUT2D eigenvalue weighted by Crippen LogP contribution is -2.00. The van der Waals surface area contributed by atoms with Crippen LogP contribution in [-0.4, -0.2) is 0 Å². The van der Waals surface area contributed by atoms with Crippen LogP contribution in [0.2, 0.25) is 0 Å². The number of hydrogen-bond donors (Lipinski definition) is 0. The average Bonchev–Trinajstić information content (AvgIpc) is 2.49. The molecule has 0 aromatic heterocycles. The summed E-state index contributed by atoms with van der Waals surface area (Å²) in [4.78, 5) is 0. The largest absolute Gasteiger partial charge is 0.0961 e. The molecule has 0 nitrogen and oxygen atoms in total. The molecule has 1 aromatic carbocycles. The zero-order valence-corrected chi connectivity index (χ0v) is 13.7. The summed E-state index contributed by atoms with van der Waals surface area (Å²) in [5.74, 6) is 1.11. The maximum Gasteiger partial charge on any atom is -0.0196 e. The first-order valence-corrected chi connectivity index (χ1v) is 7.74. The van der Waals surface area contributed by atoms with Crippen molar-refractivity contribution in [1.29, 1.82) is 0 Å². The third-order valence-electron chi connectivity index (χ3n) is 3.69. The van der Waals surface area contributed by atoms with Gasteiger partial charge in [0, 0.05) is 0 Å². The van der Waals surface area contributed by atoms with Gasteiger partial charge in [-0.25, -0.2) is 0 Å². The number of rotatable bonds is 8. The van der Waals surface area contributed by atoms with Gasteiger partial charge in [0.05, 0.1) is 0 Å². The van der Waals surface area contributed by atoms with Gasteiger partial charge in [-0.2, -0.15) is 0 Å². The fraction of sp³-hybridized carbons (Fsp3) is 0.333. The molecule has 0 aliphatic rings. The third-order valence-corrected chi connectivity index (χ3v) is 3.69. The predicted molar refractivity (Wildman–Crippen MR) is 96.1 cm³/mol. The van der Waals surface area contributed by atoms with E-state index in [-0.39, 0.29) is 0 Å². The Morgan fingerprint density at radius 3 is 2.33 bits per heavy atom. The Morgan fingerprint density at radius 2 is 1.71 bits per heavy atom. The Bertz CT molecular complexity index is 502. The van der Waals surface area contributed by atoms with Crippen molar-refractivity contribution in [1.82, 2.24) is 0 Å².